The van der Waals surface area contributed by atoms with Crippen molar-refractivity contribution in [2.75, 3.05) is 13.2 Å². The highest BCUT2D eigenvalue weighted by Crippen LogP contribution is 2.28. The van der Waals surface area contributed by atoms with Gasteiger partial charge in [0.25, 0.3) is 5.09 Å². The maximum Gasteiger partial charge on any atom is 0.294 e. The first kappa shape index (κ1) is 11.1. The first-order valence-corrected chi connectivity index (χ1v) is 4.89. The molecule has 2 aliphatic heterocycles. The minimum absolute atomic E-state index is 0.104. The summed E-state index contributed by atoms with van der Waals surface area (Å²) in [6, 6.07) is -0.261. The number of ether oxygens (including phenoxy) is 2. The van der Waals surface area contributed by atoms with E-state index in [1.807, 2.05) is 0 Å². The van der Waals surface area contributed by atoms with Gasteiger partial charge >= 0.3 is 0 Å². The second-order valence-corrected chi connectivity index (χ2v) is 3.77. The summed E-state index contributed by atoms with van der Waals surface area (Å²) in [5.74, 6) is -0.184. The van der Waals surface area contributed by atoms with Gasteiger partial charge in [-0.05, 0) is 0 Å². The zero-order valence-corrected chi connectivity index (χ0v) is 8.62. The van der Waals surface area contributed by atoms with E-state index >= 15 is 0 Å². The SMILES string of the molecule is CC(=O)N[C@H]1CO[C@H]2[C@@H]1OC[C@@H]2O[N+](=O)[O-]. The fourth-order valence-corrected chi connectivity index (χ4v) is 2.05. The Balaban J connectivity index is 1.95. The highest BCUT2D eigenvalue weighted by atomic mass is 17.0. The van der Waals surface area contributed by atoms with Crippen molar-refractivity contribution in [2.45, 2.75) is 31.3 Å². The van der Waals surface area contributed by atoms with Gasteiger partial charge in [-0.3, -0.25) is 4.79 Å². The van der Waals surface area contributed by atoms with Gasteiger partial charge in [0.05, 0.1) is 19.3 Å². The van der Waals surface area contributed by atoms with Gasteiger partial charge < -0.3 is 19.6 Å². The highest BCUT2D eigenvalue weighted by Gasteiger charge is 2.49. The maximum absolute atomic E-state index is 10.9. The third kappa shape index (κ3) is 2.07. The lowest BCUT2D eigenvalue weighted by molar-refractivity contribution is -0.769. The molecule has 0 unspecified atom stereocenters. The molecule has 0 aromatic heterocycles. The number of carbonyl (C=O) groups excluding carboxylic acids is 1. The Morgan fingerprint density at radius 2 is 2.12 bits per heavy atom. The molecule has 1 amide bonds. The first-order valence-electron chi connectivity index (χ1n) is 4.89. The fraction of sp³-hybridized carbons (Fsp3) is 0.875. The molecule has 0 aromatic rings. The van der Waals surface area contributed by atoms with Crippen molar-refractivity contribution in [3.05, 3.63) is 10.1 Å². The smallest absolute Gasteiger partial charge is 0.294 e. The molecule has 2 fully saturated rings. The summed E-state index contributed by atoms with van der Waals surface area (Å²) in [6.45, 7) is 1.78. The van der Waals surface area contributed by atoms with E-state index in [0.29, 0.717) is 0 Å². The number of hydrogen-bond donors (Lipinski definition) is 1. The second kappa shape index (κ2) is 4.22. The molecule has 0 aromatic carbocycles. The van der Waals surface area contributed by atoms with Gasteiger partial charge in [0.1, 0.15) is 12.2 Å². The van der Waals surface area contributed by atoms with Crippen LogP contribution in [-0.4, -0.2) is 48.6 Å². The van der Waals surface area contributed by atoms with Gasteiger partial charge in [-0.1, -0.05) is 0 Å². The van der Waals surface area contributed by atoms with Gasteiger partial charge in [0.2, 0.25) is 5.91 Å². The number of nitrogens with one attached hydrogen (secondary N) is 1. The molecule has 2 rings (SSSR count). The monoisotopic (exact) mass is 232 g/mol. The summed E-state index contributed by atoms with van der Waals surface area (Å²) in [6.07, 6.45) is -1.56. The number of carbonyl (C=O) groups is 1. The van der Waals surface area contributed by atoms with E-state index in [-0.39, 0.29) is 31.3 Å². The van der Waals surface area contributed by atoms with Crippen LogP contribution in [0.3, 0.4) is 0 Å². The third-order valence-corrected chi connectivity index (χ3v) is 2.62. The van der Waals surface area contributed by atoms with Crippen LogP contribution in [0.5, 0.6) is 0 Å². The largest absolute Gasteiger partial charge is 0.371 e. The summed E-state index contributed by atoms with van der Waals surface area (Å²) in [7, 11) is 0. The molecule has 2 saturated heterocycles. The van der Waals surface area contributed by atoms with E-state index in [4.69, 9.17) is 9.47 Å². The van der Waals surface area contributed by atoms with Crippen molar-refractivity contribution in [3.8, 4) is 0 Å². The molecule has 2 aliphatic rings. The van der Waals surface area contributed by atoms with Crippen LogP contribution in [0.15, 0.2) is 0 Å². The predicted molar refractivity (Wildman–Crippen MR) is 49.0 cm³/mol. The Kier molecular flexibility index (Phi) is 2.92. The molecule has 4 atom stereocenters. The summed E-state index contributed by atoms with van der Waals surface area (Å²) in [5, 5.41) is 12.0. The lowest BCUT2D eigenvalue weighted by Gasteiger charge is -2.16. The summed E-state index contributed by atoms with van der Waals surface area (Å²) < 4.78 is 10.7. The van der Waals surface area contributed by atoms with Crippen molar-refractivity contribution < 1.29 is 24.2 Å². The normalized spacial score (nSPS) is 36.8. The Morgan fingerprint density at radius 3 is 2.75 bits per heavy atom. The molecule has 16 heavy (non-hydrogen) atoms. The van der Waals surface area contributed by atoms with E-state index in [2.05, 4.69) is 10.2 Å². The minimum Gasteiger partial charge on any atom is -0.371 e. The van der Waals surface area contributed by atoms with E-state index in [0.717, 1.165) is 0 Å². The number of rotatable bonds is 3. The van der Waals surface area contributed by atoms with Crippen LogP contribution < -0.4 is 5.32 Å². The molecule has 0 bridgehead atoms. The molecule has 0 aliphatic carbocycles. The molecule has 90 valence electrons. The lowest BCUT2D eigenvalue weighted by atomic mass is 10.1. The number of nitrogens with zero attached hydrogens (tertiary/aromatic N) is 1. The molecule has 8 nitrogen and oxygen atoms in total. The average molecular weight is 232 g/mol. The summed E-state index contributed by atoms with van der Waals surface area (Å²) >= 11 is 0. The van der Waals surface area contributed by atoms with Crippen molar-refractivity contribution in [1.29, 1.82) is 0 Å². The van der Waals surface area contributed by atoms with Gasteiger partial charge in [-0.2, -0.15) is 0 Å². The molecule has 0 radical (unpaired) electrons. The first-order chi connectivity index (χ1) is 7.58. The lowest BCUT2D eigenvalue weighted by Crippen LogP contribution is -2.43. The molecule has 8 heteroatoms. The van der Waals surface area contributed by atoms with Crippen molar-refractivity contribution in [3.63, 3.8) is 0 Å². The molecule has 0 saturated carbocycles. The van der Waals surface area contributed by atoms with E-state index in [1.165, 1.54) is 6.92 Å². The van der Waals surface area contributed by atoms with E-state index in [9.17, 15) is 14.9 Å². The third-order valence-electron chi connectivity index (χ3n) is 2.62. The topological polar surface area (TPSA) is 99.9 Å². The molecular weight excluding hydrogens is 220 g/mol. The van der Waals surface area contributed by atoms with Crippen molar-refractivity contribution in [2.24, 2.45) is 0 Å². The van der Waals surface area contributed by atoms with Crippen LogP contribution in [0.25, 0.3) is 0 Å². The minimum atomic E-state index is -0.856. The van der Waals surface area contributed by atoms with E-state index in [1.54, 1.807) is 0 Å². The van der Waals surface area contributed by atoms with Crippen LogP contribution in [0.2, 0.25) is 0 Å². The van der Waals surface area contributed by atoms with Crippen LogP contribution in [0.4, 0.5) is 0 Å². The van der Waals surface area contributed by atoms with Crippen LogP contribution in [0, 0.1) is 10.1 Å². The van der Waals surface area contributed by atoms with Crippen LogP contribution in [0.1, 0.15) is 6.92 Å². The Hall–Kier alpha value is -1.41. The summed E-state index contributed by atoms with van der Waals surface area (Å²) in [5.41, 5.74) is 0. The zero-order valence-electron chi connectivity index (χ0n) is 8.62. The average Bonchev–Trinajstić information content (AvgIpc) is 2.70. The van der Waals surface area contributed by atoms with Gasteiger partial charge in [0, 0.05) is 6.92 Å². The predicted octanol–water partition coefficient (Wildman–Crippen LogP) is -1.13. The number of amides is 1. The Bertz CT molecular complexity index is 279. The molecule has 0 spiro atoms. The number of hydrogen-bond acceptors (Lipinski definition) is 6. The molecule has 2 heterocycles. The van der Waals surface area contributed by atoms with Crippen LogP contribution in [-0.2, 0) is 19.1 Å². The van der Waals surface area contributed by atoms with Crippen LogP contribution >= 0.6 is 0 Å². The van der Waals surface area contributed by atoms with Gasteiger partial charge in [-0.25, -0.2) is 0 Å². The zero-order chi connectivity index (χ0) is 11.7. The van der Waals surface area contributed by atoms with Gasteiger partial charge in [0.15, 0.2) is 6.10 Å². The fourth-order valence-electron chi connectivity index (χ4n) is 2.05. The molecule has 1 N–H and O–H groups in total. The van der Waals surface area contributed by atoms with E-state index < -0.39 is 17.3 Å². The Labute approximate surface area is 90.9 Å². The van der Waals surface area contributed by atoms with Crippen molar-refractivity contribution >= 4 is 5.91 Å². The van der Waals surface area contributed by atoms with Crippen molar-refractivity contribution in [1.82, 2.24) is 5.32 Å². The standard InChI is InChI=1S/C8H12N2O6/c1-4(11)9-5-2-14-8-6(16-10(12)13)3-15-7(5)8/h5-8H,2-3H2,1H3,(H,9,11)/t5-,6-,7+,8+/m0/s1. The second-order valence-electron chi connectivity index (χ2n) is 3.77. The molecular formula is C8H12N2O6. The Morgan fingerprint density at radius 1 is 1.44 bits per heavy atom. The summed E-state index contributed by atoms with van der Waals surface area (Å²) in [4.78, 5) is 25.5. The highest BCUT2D eigenvalue weighted by molar-refractivity contribution is 5.73. The maximum atomic E-state index is 10.9. The number of fused-ring (bicyclic) bond motifs is 1. The quantitative estimate of drug-likeness (QED) is 0.488. The van der Waals surface area contributed by atoms with Gasteiger partial charge in [-0.15, -0.1) is 10.1 Å².